The monoisotopic (exact) mass is 540 g/mol. The highest BCUT2D eigenvalue weighted by atomic mass is 32.2. The van der Waals surface area contributed by atoms with Gasteiger partial charge in [0.15, 0.2) is 15.4 Å². The van der Waals surface area contributed by atoms with Crippen molar-refractivity contribution < 1.29 is 32.9 Å². The van der Waals surface area contributed by atoms with Crippen LogP contribution in [-0.4, -0.2) is 54.3 Å². The van der Waals surface area contributed by atoms with E-state index in [0.717, 1.165) is 17.7 Å². The van der Waals surface area contributed by atoms with E-state index in [1.165, 1.54) is 19.4 Å². The minimum atomic E-state index is -3.97. The molecular weight excluding hydrogens is 504 g/mol. The van der Waals surface area contributed by atoms with Gasteiger partial charge in [-0.05, 0) is 79.8 Å². The fourth-order valence-corrected chi connectivity index (χ4v) is 12.0. The van der Waals surface area contributed by atoms with Gasteiger partial charge in [0.05, 0.1) is 23.4 Å². The molecule has 2 aromatic carbocycles. The minimum absolute atomic E-state index is 0.00267. The van der Waals surface area contributed by atoms with Crippen LogP contribution in [0, 0.1) is 16.7 Å². The summed E-state index contributed by atoms with van der Waals surface area (Å²) in [5.41, 5.74) is -3.20. The quantitative estimate of drug-likeness (QED) is 0.568. The number of aliphatic hydroxyl groups excluding tert-OH is 1. The number of aliphatic hydroxyl groups is 2. The number of carbonyl (C=O) groups excluding carboxylic acids is 1. The van der Waals surface area contributed by atoms with Gasteiger partial charge in [0.1, 0.15) is 11.4 Å². The second-order valence-corrected chi connectivity index (χ2v) is 14.3. The molecule has 7 nitrogen and oxygen atoms in total. The Balaban J connectivity index is 1.61. The fraction of sp³-hybridized carbons (Fsp3) is 0.567. The van der Waals surface area contributed by atoms with Crippen LogP contribution in [0.4, 0.5) is 0 Å². The highest BCUT2D eigenvalue weighted by Crippen LogP contribution is 2.81. The molecule has 204 valence electrons. The van der Waals surface area contributed by atoms with Gasteiger partial charge in [-0.2, -0.15) is 0 Å². The van der Waals surface area contributed by atoms with Gasteiger partial charge in [0, 0.05) is 24.2 Å². The molecule has 2 N–H and O–H groups in total. The summed E-state index contributed by atoms with van der Waals surface area (Å²) >= 11 is 0. The van der Waals surface area contributed by atoms with Crippen molar-refractivity contribution in [2.75, 3.05) is 7.11 Å². The van der Waals surface area contributed by atoms with Crippen LogP contribution in [0.25, 0.3) is 0 Å². The fourth-order valence-electron chi connectivity index (χ4n) is 9.59. The van der Waals surface area contributed by atoms with E-state index in [2.05, 4.69) is 6.07 Å². The molecule has 1 unspecified atom stereocenters. The highest BCUT2D eigenvalue weighted by Gasteiger charge is 2.90. The van der Waals surface area contributed by atoms with E-state index in [9.17, 15) is 23.4 Å². The van der Waals surface area contributed by atoms with Gasteiger partial charge in [-0.3, -0.25) is 4.79 Å². The third-order valence-corrected chi connectivity index (χ3v) is 13.2. The average molecular weight is 541 g/mol. The molecule has 0 heterocycles. The van der Waals surface area contributed by atoms with E-state index < -0.39 is 49.2 Å². The van der Waals surface area contributed by atoms with Crippen molar-refractivity contribution in [3.05, 3.63) is 59.7 Å². The number of methoxy groups -OCH3 is 1. The average Bonchev–Trinajstić information content (AvgIpc) is 3.20. The molecule has 0 radical (unpaired) electrons. The van der Waals surface area contributed by atoms with Crippen molar-refractivity contribution >= 4 is 15.8 Å². The summed E-state index contributed by atoms with van der Waals surface area (Å²) in [5.74, 6) is -0.0329. The van der Waals surface area contributed by atoms with E-state index in [1.807, 2.05) is 19.1 Å². The molecule has 8 heteroatoms. The minimum Gasteiger partial charge on any atom is -0.497 e. The number of rotatable bonds is 4. The molecule has 3 saturated carbocycles. The zero-order chi connectivity index (χ0) is 27.3. The van der Waals surface area contributed by atoms with Gasteiger partial charge in [-0.25, -0.2) is 8.42 Å². The maximum Gasteiger partial charge on any atom is 0.303 e. The van der Waals surface area contributed by atoms with Gasteiger partial charge < -0.3 is 19.7 Å². The summed E-state index contributed by atoms with van der Waals surface area (Å²) in [6.07, 6.45) is 1.17. The number of ether oxygens (including phenoxy) is 2. The van der Waals surface area contributed by atoms with Crippen LogP contribution in [0.1, 0.15) is 63.5 Å². The normalized spacial score (nSPS) is 41.1. The Hall–Kier alpha value is -2.42. The first-order valence-corrected chi connectivity index (χ1v) is 15.0. The smallest absolute Gasteiger partial charge is 0.303 e. The lowest BCUT2D eigenvalue weighted by Crippen LogP contribution is -2.65. The van der Waals surface area contributed by atoms with Crippen molar-refractivity contribution in [1.82, 2.24) is 0 Å². The van der Waals surface area contributed by atoms with Crippen LogP contribution >= 0.6 is 0 Å². The van der Waals surface area contributed by atoms with Gasteiger partial charge in [-0.1, -0.05) is 31.2 Å². The van der Waals surface area contributed by atoms with Crippen LogP contribution < -0.4 is 4.74 Å². The zero-order valence-electron chi connectivity index (χ0n) is 22.3. The third-order valence-electron chi connectivity index (χ3n) is 10.9. The number of sulfone groups is 1. The number of hydrogen-bond acceptors (Lipinski definition) is 7. The highest BCUT2D eigenvalue weighted by molar-refractivity contribution is 7.92. The Labute approximate surface area is 224 Å². The Morgan fingerprint density at radius 2 is 1.79 bits per heavy atom. The van der Waals surface area contributed by atoms with Crippen molar-refractivity contribution in [1.29, 1.82) is 0 Å². The summed E-state index contributed by atoms with van der Waals surface area (Å²) in [7, 11) is -2.32. The predicted octanol–water partition coefficient (Wildman–Crippen LogP) is 3.80. The number of fused-ring (bicyclic) bond motifs is 3. The Kier molecular flexibility index (Phi) is 5.48. The topological polar surface area (TPSA) is 110 Å². The molecule has 38 heavy (non-hydrogen) atoms. The van der Waals surface area contributed by atoms with E-state index in [0.29, 0.717) is 19.3 Å². The van der Waals surface area contributed by atoms with E-state index in [1.54, 1.807) is 37.4 Å². The SMILES string of the molecule is COc1ccc2c(c1)CC[C@@H]1[C@@H]2CC[C@@]2(C)[C@]13C(S(=O)(=O)c1ccccc1)C[C@]2(OC(C)=O)[C@@](C)(O)[C@H]3O. The standard InChI is InChI=1S/C30H36O7S/c1-18(31)37-29-17-25(38(34,35)21-8-6-5-7-9-21)30(26(32)28(29,3)33)24-13-10-19-16-20(36-4)11-12-22(19)23(24)14-15-27(29,30)2/h5-9,11-12,16,23-26,32-33H,10,13-15,17H2,1-4H3/t23-,24-,25?,26-,27-,28+,29-,30+/m1/s1. The van der Waals surface area contributed by atoms with Crippen molar-refractivity contribution in [2.24, 2.45) is 16.7 Å². The first kappa shape index (κ1) is 25.8. The maximum atomic E-state index is 14.5. The van der Waals surface area contributed by atoms with Gasteiger partial charge in [0.25, 0.3) is 0 Å². The molecule has 4 aliphatic carbocycles. The summed E-state index contributed by atoms with van der Waals surface area (Å²) in [6.45, 7) is 4.75. The summed E-state index contributed by atoms with van der Waals surface area (Å²) in [6, 6.07) is 14.4. The van der Waals surface area contributed by atoms with Crippen molar-refractivity contribution in [2.45, 2.75) is 86.2 Å². The molecule has 2 aromatic rings. The van der Waals surface area contributed by atoms with Gasteiger partial charge in [-0.15, -0.1) is 0 Å². The van der Waals surface area contributed by atoms with E-state index >= 15 is 0 Å². The van der Waals surface area contributed by atoms with Gasteiger partial charge in [0.2, 0.25) is 0 Å². The molecule has 0 aromatic heterocycles. The second-order valence-electron chi connectivity index (χ2n) is 12.1. The molecule has 0 spiro atoms. The van der Waals surface area contributed by atoms with Crippen LogP contribution in [0.3, 0.4) is 0 Å². The van der Waals surface area contributed by atoms with Crippen LogP contribution in [0.5, 0.6) is 5.75 Å². The number of carbonyl (C=O) groups is 1. The molecule has 3 fully saturated rings. The number of esters is 1. The zero-order valence-corrected chi connectivity index (χ0v) is 23.1. The van der Waals surface area contributed by atoms with E-state index in [-0.39, 0.29) is 23.2 Å². The lowest BCUT2D eigenvalue weighted by Gasteiger charge is -2.58. The Morgan fingerprint density at radius 3 is 2.45 bits per heavy atom. The summed E-state index contributed by atoms with van der Waals surface area (Å²) < 4.78 is 40.4. The summed E-state index contributed by atoms with van der Waals surface area (Å²) in [5, 5.41) is 23.2. The first-order chi connectivity index (χ1) is 17.9. The predicted molar refractivity (Wildman–Crippen MR) is 140 cm³/mol. The molecule has 8 atom stereocenters. The first-order valence-electron chi connectivity index (χ1n) is 13.4. The molecule has 4 aliphatic rings. The molecular formula is C30H36O7S. The second kappa shape index (κ2) is 8.05. The number of hydrogen-bond donors (Lipinski definition) is 2. The van der Waals surface area contributed by atoms with Gasteiger partial charge >= 0.3 is 5.97 Å². The Bertz CT molecular complexity index is 1400. The van der Waals surface area contributed by atoms with Crippen LogP contribution in [0.2, 0.25) is 0 Å². The number of benzene rings is 2. The molecule has 0 amide bonds. The summed E-state index contributed by atoms with van der Waals surface area (Å²) in [4.78, 5) is 12.7. The largest absolute Gasteiger partial charge is 0.497 e. The van der Waals surface area contributed by atoms with E-state index in [4.69, 9.17) is 9.47 Å². The third kappa shape index (κ3) is 2.81. The lowest BCUT2D eigenvalue weighted by atomic mass is 9.47. The molecule has 6 rings (SSSR count). The molecule has 0 saturated heterocycles. The molecule has 0 aliphatic heterocycles. The van der Waals surface area contributed by atoms with Crippen molar-refractivity contribution in [3.63, 3.8) is 0 Å². The maximum absolute atomic E-state index is 14.5. The lowest BCUT2D eigenvalue weighted by molar-refractivity contribution is -0.218. The van der Waals surface area contributed by atoms with Crippen LogP contribution in [-0.2, 0) is 25.8 Å². The van der Waals surface area contributed by atoms with Crippen molar-refractivity contribution in [3.8, 4) is 5.75 Å². The Morgan fingerprint density at radius 1 is 1.08 bits per heavy atom. The number of aryl methyl sites for hydroxylation is 1. The molecule has 2 bridgehead atoms. The van der Waals surface area contributed by atoms with Crippen LogP contribution in [0.15, 0.2) is 53.4 Å².